The van der Waals surface area contributed by atoms with Crippen molar-refractivity contribution in [2.24, 2.45) is 5.92 Å². The van der Waals surface area contributed by atoms with Crippen molar-refractivity contribution in [2.75, 3.05) is 5.75 Å². The van der Waals surface area contributed by atoms with E-state index < -0.39 is 12.0 Å². The van der Waals surface area contributed by atoms with Gasteiger partial charge in [-0.1, -0.05) is 11.6 Å². The van der Waals surface area contributed by atoms with Gasteiger partial charge in [-0.05, 0) is 43.0 Å². The zero-order chi connectivity index (χ0) is 14.5. The van der Waals surface area contributed by atoms with Crippen LogP contribution in [0, 0.1) is 5.92 Å². The zero-order valence-corrected chi connectivity index (χ0v) is 12.4. The van der Waals surface area contributed by atoms with Crippen LogP contribution in [0.1, 0.15) is 19.3 Å². The quantitative estimate of drug-likeness (QED) is 0.760. The van der Waals surface area contributed by atoms with Gasteiger partial charge in [-0.2, -0.15) is 0 Å². The fourth-order valence-electron chi connectivity index (χ4n) is 1.85. The van der Waals surface area contributed by atoms with E-state index in [4.69, 9.17) is 16.7 Å². The Morgan fingerprint density at radius 2 is 2.00 bits per heavy atom. The lowest BCUT2D eigenvalue weighted by Gasteiger charge is -2.13. The lowest BCUT2D eigenvalue weighted by Crippen LogP contribution is -2.42. The number of carboxylic acid groups (broad SMARTS) is 1. The van der Waals surface area contributed by atoms with Gasteiger partial charge in [0.1, 0.15) is 6.04 Å². The summed E-state index contributed by atoms with van der Waals surface area (Å²) in [5, 5.41) is 12.3. The highest BCUT2D eigenvalue weighted by Crippen LogP contribution is 2.32. The fraction of sp³-hybridized carbons (Fsp3) is 0.429. The molecule has 1 unspecified atom stereocenters. The number of hydrogen-bond donors (Lipinski definition) is 2. The van der Waals surface area contributed by atoms with Gasteiger partial charge in [0.25, 0.3) is 0 Å². The summed E-state index contributed by atoms with van der Waals surface area (Å²) in [5.74, 6) is -0.415. The Morgan fingerprint density at radius 3 is 2.55 bits per heavy atom. The number of aliphatic carboxylic acids is 1. The molecule has 6 heteroatoms. The molecule has 1 aliphatic carbocycles. The minimum Gasteiger partial charge on any atom is -0.480 e. The van der Waals surface area contributed by atoms with Gasteiger partial charge < -0.3 is 10.4 Å². The minimum atomic E-state index is -0.939. The Kier molecular flexibility index (Phi) is 5.31. The topological polar surface area (TPSA) is 66.4 Å². The highest BCUT2D eigenvalue weighted by atomic mass is 35.5. The van der Waals surface area contributed by atoms with Crippen LogP contribution in [0.15, 0.2) is 29.2 Å². The number of carboxylic acids is 1. The molecule has 4 nitrogen and oxygen atoms in total. The van der Waals surface area contributed by atoms with Gasteiger partial charge in [0.15, 0.2) is 0 Å². The Bertz CT molecular complexity index is 488. The lowest BCUT2D eigenvalue weighted by atomic mass is 10.2. The van der Waals surface area contributed by atoms with Crippen LogP contribution in [0.3, 0.4) is 0 Å². The first-order valence-corrected chi connectivity index (χ1v) is 7.83. The monoisotopic (exact) mass is 313 g/mol. The summed E-state index contributed by atoms with van der Waals surface area (Å²) in [7, 11) is 0. The Balaban J connectivity index is 1.72. The number of carbonyl (C=O) groups excluding carboxylic acids is 1. The van der Waals surface area contributed by atoms with E-state index in [1.807, 2.05) is 12.1 Å². The van der Waals surface area contributed by atoms with Gasteiger partial charge in [-0.15, -0.1) is 11.8 Å². The SMILES string of the molecule is O=C(CCSc1ccc(Cl)cc1)NC(C(=O)O)C1CC1. The average Bonchev–Trinajstić information content (AvgIpc) is 3.22. The number of rotatable bonds is 7. The molecule has 1 aliphatic rings. The first-order valence-electron chi connectivity index (χ1n) is 6.47. The van der Waals surface area contributed by atoms with E-state index >= 15 is 0 Å². The summed E-state index contributed by atoms with van der Waals surface area (Å²) < 4.78 is 0. The van der Waals surface area contributed by atoms with E-state index in [0.29, 0.717) is 17.2 Å². The molecular weight excluding hydrogens is 298 g/mol. The van der Waals surface area contributed by atoms with E-state index in [2.05, 4.69) is 5.32 Å². The Labute approximate surface area is 126 Å². The molecule has 0 aromatic heterocycles. The van der Waals surface area contributed by atoms with Crippen molar-refractivity contribution >= 4 is 35.2 Å². The molecule has 2 N–H and O–H groups in total. The molecule has 0 saturated heterocycles. The number of halogens is 1. The van der Waals surface area contributed by atoms with Gasteiger partial charge in [-0.25, -0.2) is 4.79 Å². The third kappa shape index (κ3) is 4.72. The van der Waals surface area contributed by atoms with Gasteiger partial charge in [0, 0.05) is 22.1 Å². The van der Waals surface area contributed by atoms with Crippen molar-refractivity contribution in [3.05, 3.63) is 29.3 Å². The molecule has 0 heterocycles. The molecule has 0 aliphatic heterocycles. The molecule has 20 heavy (non-hydrogen) atoms. The first kappa shape index (κ1) is 15.2. The lowest BCUT2D eigenvalue weighted by molar-refractivity contribution is -0.142. The number of benzene rings is 1. The predicted octanol–water partition coefficient (Wildman–Crippen LogP) is 2.80. The predicted molar refractivity (Wildman–Crippen MR) is 79.1 cm³/mol. The number of thioether (sulfide) groups is 1. The largest absolute Gasteiger partial charge is 0.480 e. The van der Waals surface area contributed by atoms with Crippen LogP contribution in [0.4, 0.5) is 0 Å². The van der Waals surface area contributed by atoms with Crippen LogP contribution in [0.2, 0.25) is 5.02 Å². The highest BCUT2D eigenvalue weighted by molar-refractivity contribution is 7.99. The number of hydrogen-bond acceptors (Lipinski definition) is 3. The summed E-state index contributed by atoms with van der Waals surface area (Å²) in [6.07, 6.45) is 2.08. The molecule has 1 aromatic carbocycles. The molecule has 0 bridgehead atoms. The van der Waals surface area contributed by atoms with Crippen LogP contribution in [0.5, 0.6) is 0 Å². The second-order valence-corrected chi connectivity index (χ2v) is 6.38. The maximum atomic E-state index is 11.7. The molecule has 0 spiro atoms. The molecule has 1 amide bonds. The summed E-state index contributed by atoms with van der Waals surface area (Å²) in [4.78, 5) is 23.8. The Hall–Kier alpha value is -1.20. The van der Waals surface area contributed by atoms with Gasteiger partial charge in [0.2, 0.25) is 5.91 Å². The van der Waals surface area contributed by atoms with E-state index in [1.165, 1.54) is 0 Å². The molecule has 2 rings (SSSR count). The van der Waals surface area contributed by atoms with Crippen molar-refractivity contribution in [3.63, 3.8) is 0 Å². The molecular formula is C14H16ClNO3S. The van der Waals surface area contributed by atoms with Crippen LogP contribution in [-0.4, -0.2) is 28.8 Å². The van der Waals surface area contributed by atoms with Crippen molar-refractivity contribution < 1.29 is 14.7 Å². The second-order valence-electron chi connectivity index (χ2n) is 4.77. The molecule has 1 saturated carbocycles. The zero-order valence-electron chi connectivity index (χ0n) is 10.8. The number of nitrogens with one attached hydrogen (secondary N) is 1. The van der Waals surface area contributed by atoms with E-state index in [1.54, 1.807) is 23.9 Å². The van der Waals surface area contributed by atoms with Crippen LogP contribution >= 0.6 is 23.4 Å². The highest BCUT2D eigenvalue weighted by Gasteiger charge is 2.37. The standard InChI is InChI=1S/C14H16ClNO3S/c15-10-3-5-11(6-4-10)20-8-7-12(17)16-13(14(18)19)9-1-2-9/h3-6,9,13H,1-2,7-8H2,(H,16,17)(H,18,19). The van der Waals surface area contributed by atoms with Gasteiger partial charge >= 0.3 is 5.97 Å². The third-order valence-corrected chi connectivity index (χ3v) is 4.35. The summed E-state index contributed by atoms with van der Waals surface area (Å²) in [6.45, 7) is 0. The summed E-state index contributed by atoms with van der Waals surface area (Å²) >= 11 is 7.34. The van der Waals surface area contributed by atoms with Crippen molar-refractivity contribution in [3.8, 4) is 0 Å². The minimum absolute atomic E-state index is 0.111. The molecule has 1 aromatic rings. The van der Waals surface area contributed by atoms with Crippen molar-refractivity contribution in [1.82, 2.24) is 5.32 Å². The second kappa shape index (κ2) is 6.99. The third-order valence-electron chi connectivity index (χ3n) is 3.09. The Morgan fingerprint density at radius 1 is 1.35 bits per heavy atom. The van der Waals surface area contributed by atoms with E-state index in [-0.39, 0.29) is 11.8 Å². The molecule has 108 valence electrons. The number of carbonyl (C=O) groups is 2. The maximum Gasteiger partial charge on any atom is 0.326 e. The van der Waals surface area contributed by atoms with Crippen LogP contribution in [0.25, 0.3) is 0 Å². The maximum absolute atomic E-state index is 11.7. The molecule has 1 atom stereocenters. The van der Waals surface area contributed by atoms with E-state index in [9.17, 15) is 9.59 Å². The molecule has 0 radical (unpaired) electrons. The normalized spacial score (nSPS) is 15.7. The van der Waals surface area contributed by atoms with E-state index in [0.717, 1.165) is 17.7 Å². The fourth-order valence-corrected chi connectivity index (χ4v) is 2.83. The van der Waals surface area contributed by atoms with Gasteiger partial charge in [-0.3, -0.25) is 4.79 Å². The number of amides is 1. The summed E-state index contributed by atoms with van der Waals surface area (Å²) in [5.41, 5.74) is 0. The average molecular weight is 314 g/mol. The smallest absolute Gasteiger partial charge is 0.326 e. The van der Waals surface area contributed by atoms with Crippen molar-refractivity contribution in [2.45, 2.75) is 30.2 Å². The van der Waals surface area contributed by atoms with Crippen molar-refractivity contribution in [1.29, 1.82) is 0 Å². The van der Waals surface area contributed by atoms with Gasteiger partial charge in [0.05, 0.1) is 0 Å². The van der Waals surface area contributed by atoms with Crippen LogP contribution in [-0.2, 0) is 9.59 Å². The first-order chi connectivity index (χ1) is 9.56. The van der Waals surface area contributed by atoms with Crippen LogP contribution < -0.4 is 5.32 Å². The summed E-state index contributed by atoms with van der Waals surface area (Å²) in [6, 6.07) is 6.68. The molecule has 1 fully saturated rings.